The number of nitrogens with one attached hydrogen (secondary N) is 1. The Balaban J connectivity index is 2.26. The van der Waals surface area contributed by atoms with Crippen molar-refractivity contribution in [2.45, 2.75) is 65.0 Å². The van der Waals surface area contributed by atoms with Crippen LogP contribution in [0.4, 0.5) is 0 Å². The molecule has 2 rings (SSSR count). The zero-order chi connectivity index (χ0) is 14.6. The van der Waals surface area contributed by atoms with Crippen LogP contribution < -0.4 is 5.32 Å². The van der Waals surface area contributed by atoms with E-state index in [0.29, 0.717) is 6.04 Å². The highest BCUT2D eigenvalue weighted by Gasteiger charge is 2.40. The van der Waals surface area contributed by atoms with Gasteiger partial charge in [0.2, 0.25) is 0 Å². The van der Waals surface area contributed by atoms with E-state index in [-0.39, 0.29) is 5.54 Å². The van der Waals surface area contributed by atoms with E-state index in [0.717, 1.165) is 6.54 Å². The van der Waals surface area contributed by atoms with Crippen LogP contribution in [0.5, 0.6) is 0 Å². The smallest absolute Gasteiger partial charge is 0.0512 e. The predicted octanol–water partition coefficient (Wildman–Crippen LogP) is 4.36. The highest BCUT2D eigenvalue weighted by atomic mass is 32.1. The van der Waals surface area contributed by atoms with Crippen LogP contribution >= 0.6 is 11.3 Å². The summed E-state index contributed by atoms with van der Waals surface area (Å²) >= 11 is 1.88. The van der Waals surface area contributed by atoms with Crippen molar-refractivity contribution in [2.24, 2.45) is 0 Å². The summed E-state index contributed by atoms with van der Waals surface area (Å²) in [5, 5.41) is 6.19. The molecule has 0 amide bonds. The molecule has 0 aliphatic carbocycles. The van der Waals surface area contributed by atoms with Crippen LogP contribution in [-0.4, -0.2) is 30.1 Å². The van der Waals surface area contributed by atoms with Crippen LogP contribution in [-0.2, 0) is 0 Å². The maximum absolute atomic E-state index is 3.83. The Kier molecular flexibility index (Phi) is 5.65. The summed E-state index contributed by atoms with van der Waals surface area (Å²) in [6.07, 6.45) is 5.11. The van der Waals surface area contributed by atoms with E-state index in [1.54, 1.807) is 0 Å². The molecule has 3 heteroatoms. The summed E-state index contributed by atoms with van der Waals surface area (Å²) in [7, 11) is 0. The molecule has 0 saturated carbocycles. The average molecular weight is 295 g/mol. The number of thiophene rings is 1. The van der Waals surface area contributed by atoms with E-state index in [2.05, 4.69) is 49.4 Å². The fraction of sp³-hybridized carbons (Fsp3) is 0.765. The van der Waals surface area contributed by atoms with Crippen molar-refractivity contribution < 1.29 is 0 Å². The molecule has 20 heavy (non-hydrogen) atoms. The van der Waals surface area contributed by atoms with E-state index < -0.39 is 0 Å². The Labute approximate surface area is 128 Å². The van der Waals surface area contributed by atoms with Gasteiger partial charge in [0.25, 0.3) is 0 Å². The van der Waals surface area contributed by atoms with Gasteiger partial charge in [0.15, 0.2) is 0 Å². The van der Waals surface area contributed by atoms with Crippen molar-refractivity contribution in [3.8, 4) is 0 Å². The molecule has 0 aromatic carbocycles. The average Bonchev–Trinajstić information content (AvgIpc) is 3.10. The van der Waals surface area contributed by atoms with E-state index in [4.69, 9.17) is 0 Å². The van der Waals surface area contributed by atoms with Crippen molar-refractivity contribution in [1.29, 1.82) is 0 Å². The van der Waals surface area contributed by atoms with Gasteiger partial charge < -0.3 is 5.32 Å². The Hall–Kier alpha value is -0.380. The Morgan fingerprint density at radius 2 is 2.05 bits per heavy atom. The minimum atomic E-state index is 0.235. The first-order valence-corrected chi connectivity index (χ1v) is 9.03. The molecule has 1 aromatic heterocycles. The zero-order valence-corrected chi connectivity index (χ0v) is 14.4. The maximum Gasteiger partial charge on any atom is 0.0512 e. The number of nitrogens with zero attached hydrogens (tertiary/aromatic N) is 1. The number of hydrogen-bond acceptors (Lipinski definition) is 3. The highest BCUT2D eigenvalue weighted by Crippen LogP contribution is 2.37. The summed E-state index contributed by atoms with van der Waals surface area (Å²) in [5.41, 5.74) is 1.72. The van der Waals surface area contributed by atoms with E-state index >= 15 is 0 Å². The van der Waals surface area contributed by atoms with Crippen molar-refractivity contribution in [3.05, 3.63) is 21.9 Å². The molecule has 2 heterocycles. The standard InChI is InChI=1S/C17H30N2S/c1-5-9-18-16(15-12-14(3)20-13-15)17(4,6-2)19-10-7-8-11-19/h12-13,16,18H,5-11H2,1-4H3. The van der Waals surface area contributed by atoms with E-state index in [1.165, 1.54) is 49.2 Å². The lowest BCUT2D eigenvalue weighted by Gasteiger charge is -2.45. The molecule has 1 N–H and O–H groups in total. The highest BCUT2D eigenvalue weighted by molar-refractivity contribution is 7.10. The van der Waals surface area contributed by atoms with Crippen molar-refractivity contribution in [1.82, 2.24) is 10.2 Å². The van der Waals surface area contributed by atoms with Crippen LogP contribution in [0.3, 0.4) is 0 Å². The van der Waals surface area contributed by atoms with Gasteiger partial charge >= 0.3 is 0 Å². The summed E-state index contributed by atoms with van der Waals surface area (Å²) < 4.78 is 0. The number of aryl methyl sites for hydroxylation is 1. The van der Waals surface area contributed by atoms with Gasteiger partial charge in [-0.25, -0.2) is 0 Å². The Morgan fingerprint density at radius 3 is 2.55 bits per heavy atom. The monoisotopic (exact) mass is 294 g/mol. The molecular weight excluding hydrogens is 264 g/mol. The first kappa shape index (κ1) is 16.0. The largest absolute Gasteiger partial charge is 0.308 e. The van der Waals surface area contributed by atoms with Gasteiger partial charge in [0.1, 0.15) is 0 Å². The minimum absolute atomic E-state index is 0.235. The Bertz CT molecular complexity index is 409. The number of likely N-dealkylation sites (tertiary alicyclic amines) is 1. The second kappa shape index (κ2) is 7.06. The van der Waals surface area contributed by atoms with Gasteiger partial charge in [-0.3, -0.25) is 4.90 Å². The fourth-order valence-electron chi connectivity index (χ4n) is 3.44. The van der Waals surface area contributed by atoms with Gasteiger partial charge in [0.05, 0.1) is 6.04 Å². The molecule has 1 fully saturated rings. The lowest BCUT2D eigenvalue weighted by Crippen LogP contribution is -2.53. The van der Waals surface area contributed by atoms with Gasteiger partial charge in [0, 0.05) is 10.4 Å². The SMILES string of the molecule is CCCNC(c1csc(C)c1)C(C)(CC)N1CCCC1. The second-order valence-corrected chi connectivity index (χ2v) is 7.40. The maximum atomic E-state index is 3.83. The molecule has 1 aromatic rings. The molecular formula is C17H30N2S. The van der Waals surface area contributed by atoms with Crippen LogP contribution in [0.15, 0.2) is 11.4 Å². The molecule has 1 aliphatic rings. The molecule has 2 atom stereocenters. The van der Waals surface area contributed by atoms with Gasteiger partial charge in [-0.05, 0) is 76.2 Å². The van der Waals surface area contributed by atoms with Crippen LogP contribution in [0.25, 0.3) is 0 Å². The number of hydrogen-bond donors (Lipinski definition) is 1. The molecule has 0 spiro atoms. The van der Waals surface area contributed by atoms with Crippen LogP contribution in [0.1, 0.15) is 62.9 Å². The molecule has 114 valence electrons. The van der Waals surface area contributed by atoms with Crippen molar-refractivity contribution >= 4 is 11.3 Å². The molecule has 1 saturated heterocycles. The summed E-state index contributed by atoms with van der Waals surface area (Å²) in [6.45, 7) is 12.9. The van der Waals surface area contributed by atoms with Gasteiger partial charge in [-0.2, -0.15) is 0 Å². The third kappa shape index (κ3) is 3.26. The molecule has 2 nitrogen and oxygen atoms in total. The van der Waals surface area contributed by atoms with Crippen LogP contribution in [0.2, 0.25) is 0 Å². The lowest BCUT2D eigenvalue weighted by atomic mass is 9.83. The summed E-state index contributed by atoms with van der Waals surface area (Å²) in [5.74, 6) is 0. The fourth-order valence-corrected chi connectivity index (χ4v) is 4.17. The first-order valence-electron chi connectivity index (χ1n) is 8.15. The van der Waals surface area contributed by atoms with E-state index in [1.807, 2.05) is 11.3 Å². The van der Waals surface area contributed by atoms with Crippen molar-refractivity contribution in [2.75, 3.05) is 19.6 Å². The molecule has 1 aliphatic heterocycles. The predicted molar refractivity (Wildman–Crippen MR) is 89.6 cm³/mol. The zero-order valence-electron chi connectivity index (χ0n) is 13.5. The second-order valence-electron chi connectivity index (χ2n) is 6.28. The quantitative estimate of drug-likeness (QED) is 0.803. The van der Waals surface area contributed by atoms with Gasteiger partial charge in [-0.1, -0.05) is 13.8 Å². The van der Waals surface area contributed by atoms with Crippen molar-refractivity contribution in [3.63, 3.8) is 0 Å². The third-order valence-electron chi connectivity index (χ3n) is 4.85. The third-order valence-corrected chi connectivity index (χ3v) is 5.73. The normalized spacial score (nSPS) is 21.0. The Morgan fingerprint density at radius 1 is 1.35 bits per heavy atom. The van der Waals surface area contributed by atoms with Crippen LogP contribution in [0, 0.1) is 6.92 Å². The summed E-state index contributed by atoms with van der Waals surface area (Å²) in [4.78, 5) is 4.14. The first-order chi connectivity index (χ1) is 9.61. The molecule has 2 unspecified atom stereocenters. The molecule has 0 radical (unpaired) electrons. The molecule has 0 bridgehead atoms. The minimum Gasteiger partial charge on any atom is -0.308 e. The topological polar surface area (TPSA) is 15.3 Å². The summed E-state index contributed by atoms with van der Waals surface area (Å²) in [6, 6.07) is 2.83. The van der Waals surface area contributed by atoms with Gasteiger partial charge in [-0.15, -0.1) is 11.3 Å². The van der Waals surface area contributed by atoms with E-state index in [9.17, 15) is 0 Å². The lowest BCUT2D eigenvalue weighted by molar-refractivity contribution is 0.0841. The number of rotatable bonds is 7.